The molecule has 0 radical (unpaired) electrons. The number of nitrogens with zero attached hydrogens (tertiary/aromatic N) is 2. The number of hydrogen-bond donors (Lipinski definition) is 0. The molecule has 0 atom stereocenters. The molecular formula is C13H12ClFN2O. The van der Waals surface area contributed by atoms with E-state index in [9.17, 15) is 9.18 Å². The molecule has 3 nitrogen and oxygen atoms in total. The molecule has 0 saturated heterocycles. The Balaban J connectivity index is 2.19. The molecule has 0 bridgehead atoms. The van der Waals surface area contributed by atoms with Gasteiger partial charge in [0.15, 0.2) is 11.6 Å². The SMILES string of the molecule is CCn1cc(CC(=O)c2cccc(Cl)c2F)cn1. The monoisotopic (exact) mass is 266 g/mol. The smallest absolute Gasteiger partial charge is 0.170 e. The summed E-state index contributed by atoms with van der Waals surface area (Å²) in [6, 6.07) is 4.42. The fraction of sp³-hybridized carbons (Fsp3) is 0.231. The van der Waals surface area contributed by atoms with Crippen molar-refractivity contribution >= 4 is 17.4 Å². The average molecular weight is 267 g/mol. The minimum atomic E-state index is -0.660. The topological polar surface area (TPSA) is 34.9 Å². The zero-order valence-electron chi connectivity index (χ0n) is 9.86. The molecule has 0 aliphatic carbocycles. The van der Waals surface area contributed by atoms with Gasteiger partial charge in [0.1, 0.15) is 0 Å². The summed E-state index contributed by atoms with van der Waals surface area (Å²) in [5.74, 6) is -0.960. The van der Waals surface area contributed by atoms with Crippen LogP contribution in [0.15, 0.2) is 30.6 Å². The van der Waals surface area contributed by atoms with E-state index >= 15 is 0 Å². The second-order valence-electron chi connectivity index (χ2n) is 3.91. The van der Waals surface area contributed by atoms with E-state index in [1.165, 1.54) is 12.1 Å². The quantitative estimate of drug-likeness (QED) is 0.797. The van der Waals surface area contributed by atoms with Crippen LogP contribution in [0.3, 0.4) is 0 Å². The van der Waals surface area contributed by atoms with E-state index in [4.69, 9.17) is 11.6 Å². The van der Waals surface area contributed by atoms with Gasteiger partial charge in [0.05, 0.1) is 16.8 Å². The van der Waals surface area contributed by atoms with Gasteiger partial charge in [-0.3, -0.25) is 9.48 Å². The molecule has 18 heavy (non-hydrogen) atoms. The van der Waals surface area contributed by atoms with E-state index in [1.54, 1.807) is 23.1 Å². The van der Waals surface area contributed by atoms with E-state index in [0.29, 0.717) is 0 Å². The van der Waals surface area contributed by atoms with Crippen LogP contribution < -0.4 is 0 Å². The van der Waals surface area contributed by atoms with Crippen LogP contribution in [-0.4, -0.2) is 15.6 Å². The minimum absolute atomic E-state index is 0.0201. The number of aryl methyl sites for hydroxylation is 1. The minimum Gasteiger partial charge on any atom is -0.294 e. The molecule has 2 aromatic rings. The fourth-order valence-electron chi connectivity index (χ4n) is 1.67. The third kappa shape index (κ3) is 2.59. The molecule has 0 fully saturated rings. The Labute approximate surface area is 109 Å². The molecule has 94 valence electrons. The summed E-state index contributed by atoms with van der Waals surface area (Å²) < 4.78 is 15.4. The summed E-state index contributed by atoms with van der Waals surface area (Å²) in [4.78, 5) is 11.9. The third-order valence-corrected chi connectivity index (χ3v) is 2.92. The van der Waals surface area contributed by atoms with Gasteiger partial charge in [0, 0.05) is 19.2 Å². The zero-order chi connectivity index (χ0) is 13.1. The van der Waals surface area contributed by atoms with Crippen molar-refractivity contribution in [2.24, 2.45) is 0 Å². The van der Waals surface area contributed by atoms with Gasteiger partial charge in [-0.1, -0.05) is 17.7 Å². The number of ketones is 1. The number of halogens is 2. The predicted octanol–water partition coefficient (Wildman–Crippen LogP) is 3.12. The Hall–Kier alpha value is -1.68. The van der Waals surface area contributed by atoms with Crippen molar-refractivity contribution in [3.8, 4) is 0 Å². The Bertz CT molecular complexity index is 580. The first-order valence-corrected chi connectivity index (χ1v) is 5.98. The van der Waals surface area contributed by atoms with Gasteiger partial charge in [0.2, 0.25) is 0 Å². The summed E-state index contributed by atoms with van der Waals surface area (Å²) in [6.45, 7) is 2.69. The van der Waals surface area contributed by atoms with Gasteiger partial charge in [-0.15, -0.1) is 0 Å². The highest BCUT2D eigenvalue weighted by Crippen LogP contribution is 2.19. The van der Waals surface area contributed by atoms with Crippen LogP contribution in [0.2, 0.25) is 5.02 Å². The number of rotatable bonds is 4. The van der Waals surface area contributed by atoms with Gasteiger partial charge in [-0.05, 0) is 24.6 Å². The molecular weight excluding hydrogens is 255 g/mol. The number of hydrogen-bond acceptors (Lipinski definition) is 2. The van der Waals surface area contributed by atoms with Crippen LogP contribution in [-0.2, 0) is 13.0 Å². The number of benzene rings is 1. The lowest BCUT2D eigenvalue weighted by atomic mass is 10.0. The standard InChI is InChI=1S/C13H12ClFN2O/c1-2-17-8-9(7-16-17)6-12(18)10-4-3-5-11(14)13(10)15/h3-5,7-8H,2,6H2,1H3. The van der Waals surface area contributed by atoms with E-state index in [0.717, 1.165) is 12.1 Å². The van der Waals surface area contributed by atoms with Crippen molar-refractivity contribution in [1.82, 2.24) is 9.78 Å². The Morgan fingerprint density at radius 1 is 1.50 bits per heavy atom. The maximum Gasteiger partial charge on any atom is 0.170 e. The lowest BCUT2D eigenvalue weighted by molar-refractivity contribution is 0.0989. The van der Waals surface area contributed by atoms with E-state index < -0.39 is 5.82 Å². The van der Waals surface area contributed by atoms with Crippen LogP contribution in [0, 0.1) is 5.82 Å². The predicted molar refractivity (Wildman–Crippen MR) is 67.3 cm³/mol. The Kier molecular flexibility index (Phi) is 3.77. The van der Waals surface area contributed by atoms with Gasteiger partial charge >= 0.3 is 0 Å². The van der Waals surface area contributed by atoms with Crippen LogP contribution in [0.1, 0.15) is 22.8 Å². The van der Waals surface area contributed by atoms with Crippen LogP contribution in [0.5, 0.6) is 0 Å². The molecule has 0 N–H and O–H groups in total. The molecule has 1 heterocycles. The first-order chi connectivity index (χ1) is 8.61. The van der Waals surface area contributed by atoms with E-state index in [2.05, 4.69) is 5.10 Å². The van der Waals surface area contributed by atoms with Gasteiger partial charge in [-0.2, -0.15) is 5.10 Å². The summed E-state index contributed by atoms with van der Waals surface area (Å²) in [6.07, 6.45) is 3.52. The molecule has 0 aliphatic heterocycles. The van der Waals surface area contributed by atoms with Crippen molar-refractivity contribution in [1.29, 1.82) is 0 Å². The highest BCUT2D eigenvalue weighted by atomic mass is 35.5. The second-order valence-corrected chi connectivity index (χ2v) is 4.31. The molecule has 1 aromatic heterocycles. The highest BCUT2D eigenvalue weighted by molar-refractivity contribution is 6.31. The number of aromatic nitrogens is 2. The summed E-state index contributed by atoms with van der Waals surface area (Å²) in [7, 11) is 0. The average Bonchev–Trinajstić information content (AvgIpc) is 2.80. The number of Topliss-reactive ketones (excluding diaryl/α,β-unsaturated/α-hetero) is 1. The number of carbonyl (C=O) groups is 1. The van der Waals surface area contributed by atoms with E-state index in [-0.39, 0.29) is 22.8 Å². The first kappa shape index (κ1) is 12.8. The molecule has 0 saturated carbocycles. The summed E-state index contributed by atoms with van der Waals surface area (Å²) in [5, 5.41) is 4.03. The molecule has 1 aromatic carbocycles. The lowest BCUT2D eigenvalue weighted by Gasteiger charge is -2.02. The third-order valence-electron chi connectivity index (χ3n) is 2.63. The van der Waals surface area contributed by atoms with Crippen molar-refractivity contribution in [2.45, 2.75) is 19.9 Å². The number of carbonyl (C=O) groups excluding carboxylic acids is 1. The van der Waals surface area contributed by atoms with Crippen LogP contribution in [0.4, 0.5) is 4.39 Å². The first-order valence-electron chi connectivity index (χ1n) is 5.60. The summed E-state index contributed by atoms with van der Waals surface area (Å²) >= 11 is 5.64. The molecule has 2 rings (SSSR count). The van der Waals surface area contributed by atoms with Gasteiger partial charge in [-0.25, -0.2) is 4.39 Å². The Morgan fingerprint density at radius 2 is 2.28 bits per heavy atom. The Morgan fingerprint density at radius 3 is 2.94 bits per heavy atom. The maximum absolute atomic E-state index is 13.7. The van der Waals surface area contributed by atoms with Gasteiger partial charge in [0.25, 0.3) is 0 Å². The zero-order valence-corrected chi connectivity index (χ0v) is 10.6. The van der Waals surface area contributed by atoms with Crippen LogP contribution >= 0.6 is 11.6 Å². The summed E-state index contributed by atoms with van der Waals surface area (Å²) in [5.41, 5.74) is 0.785. The maximum atomic E-state index is 13.7. The lowest BCUT2D eigenvalue weighted by Crippen LogP contribution is -2.06. The fourth-order valence-corrected chi connectivity index (χ4v) is 1.84. The molecule has 0 unspecified atom stereocenters. The van der Waals surface area contributed by atoms with Crippen molar-refractivity contribution < 1.29 is 9.18 Å². The van der Waals surface area contributed by atoms with Crippen LogP contribution in [0.25, 0.3) is 0 Å². The molecule has 0 aliphatic rings. The van der Waals surface area contributed by atoms with E-state index in [1.807, 2.05) is 6.92 Å². The second kappa shape index (κ2) is 5.31. The highest BCUT2D eigenvalue weighted by Gasteiger charge is 2.15. The van der Waals surface area contributed by atoms with Gasteiger partial charge < -0.3 is 0 Å². The molecule has 0 spiro atoms. The largest absolute Gasteiger partial charge is 0.294 e. The normalized spacial score (nSPS) is 10.6. The molecule has 5 heteroatoms. The van der Waals surface area contributed by atoms with Crippen molar-refractivity contribution in [3.63, 3.8) is 0 Å². The van der Waals surface area contributed by atoms with Crippen molar-refractivity contribution in [3.05, 3.63) is 52.6 Å². The van der Waals surface area contributed by atoms with Crippen molar-refractivity contribution in [2.75, 3.05) is 0 Å². The molecule has 0 amide bonds.